The zero-order valence-corrected chi connectivity index (χ0v) is 9.04. The van der Waals surface area contributed by atoms with E-state index in [9.17, 15) is 0 Å². The highest BCUT2D eigenvalue weighted by Crippen LogP contribution is 2.17. The van der Waals surface area contributed by atoms with Crippen LogP contribution in [-0.4, -0.2) is 22.4 Å². The van der Waals surface area contributed by atoms with Gasteiger partial charge in [0.1, 0.15) is 5.52 Å². The number of hydrogen-bond acceptors (Lipinski definition) is 3. The van der Waals surface area contributed by atoms with Gasteiger partial charge in [0, 0.05) is 24.8 Å². The first-order valence-corrected chi connectivity index (χ1v) is 5.45. The van der Waals surface area contributed by atoms with E-state index in [1.165, 1.54) is 0 Å². The Hall–Kier alpha value is -1.35. The standard InChI is InChI=1S/C11H12ClN3/c12-5-2-7-13-10-4-8-14-9-3-1-6-15-11(9)10/h1,3-4,6,8H,2,5,7H2,(H,13,14). The number of pyridine rings is 2. The Morgan fingerprint density at radius 1 is 1.20 bits per heavy atom. The van der Waals surface area contributed by atoms with Gasteiger partial charge in [-0.15, -0.1) is 11.6 Å². The molecule has 0 aliphatic carbocycles. The summed E-state index contributed by atoms with van der Waals surface area (Å²) in [6.07, 6.45) is 4.50. The van der Waals surface area contributed by atoms with Crippen LogP contribution in [0.5, 0.6) is 0 Å². The monoisotopic (exact) mass is 221 g/mol. The lowest BCUT2D eigenvalue weighted by Gasteiger charge is -2.06. The van der Waals surface area contributed by atoms with Crippen LogP contribution in [0.1, 0.15) is 6.42 Å². The average molecular weight is 222 g/mol. The number of anilines is 1. The number of nitrogens with zero attached hydrogens (tertiary/aromatic N) is 2. The molecule has 2 aromatic heterocycles. The van der Waals surface area contributed by atoms with Gasteiger partial charge in [-0.3, -0.25) is 9.97 Å². The van der Waals surface area contributed by atoms with Crippen molar-refractivity contribution in [3.63, 3.8) is 0 Å². The fraction of sp³-hybridized carbons (Fsp3) is 0.273. The molecule has 0 spiro atoms. The van der Waals surface area contributed by atoms with Gasteiger partial charge in [0.25, 0.3) is 0 Å². The molecule has 2 heterocycles. The maximum atomic E-state index is 5.62. The molecule has 0 saturated carbocycles. The molecule has 4 heteroatoms. The van der Waals surface area contributed by atoms with Crippen LogP contribution in [0.3, 0.4) is 0 Å². The van der Waals surface area contributed by atoms with Crippen LogP contribution in [0.15, 0.2) is 30.6 Å². The third-order valence-corrected chi connectivity index (χ3v) is 2.39. The van der Waals surface area contributed by atoms with Gasteiger partial charge in [-0.05, 0) is 24.6 Å². The smallest absolute Gasteiger partial charge is 0.112 e. The van der Waals surface area contributed by atoms with E-state index in [1.54, 1.807) is 12.4 Å². The van der Waals surface area contributed by atoms with Crippen LogP contribution < -0.4 is 5.32 Å². The third-order valence-electron chi connectivity index (χ3n) is 2.12. The molecule has 0 aliphatic heterocycles. The number of alkyl halides is 1. The molecule has 0 bridgehead atoms. The lowest BCUT2D eigenvalue weighted by Crippen LogP contribution is -2.03. The first-order valence-electron chi connectivity index (χ1n) is 4.91. The minimum atomic E-state index is 0.670. The summed E-state index contributed by atoms with van der Waals surface area (Å²) in [6, 6.07) is 5.77. The first kappa shape index (κ1) is 10.2. The van der Waals surface area contributed by atoms with E-state index in [0.29, 0.717) is 5.88 Å². The van der Waals surface area contributed by atoms with Gasteiger partial charge in [-0.1, -0.05) is 0 Å². The minimum Gasteiger partial charge on any atom is -0.383 e. The molecule has 0 amide bonds. The van der Waals surface area contributed by atoms with Crippen molar-refractivity contribution in [2.75, 3.05) is 17.7 Å². The Kier molecular flexibility index (Phi) is 3.35. The maximum absolute atomic E-state index is 5.62. The molecule has 0 radical (unpaired) electrons. The van der Waals surface area contributed by atoms with Crippen LogP contribution >= 0.6 is 11.6 Å². The molecule has 0 aromatic carbocycles. The van der Waals surface area contributed by atoms with Gasteiger partial charge in [0.05, 0.1) is 11.2 Å². The predicted molar refractivity (Wildman–Crippen MR) is 63.4 cm³/mol. The molecule has 0 atom stereocenters. The quantitative estimate of drug-likeness (QED) is 0.637. The summed E-state index contributed by atoms with van der Waals surface area (Å²) in [5, 5.41) is 3.30. The normalized spacial score (nSPS) is 10.5. The zero-order valence-electron chi connectivity index (χ0n) is 8.28. The number of aromatic nitrogens is 2. The number of rotatable bonds is 4. The topological polar surface area (TPSA) is 37.8 Å². The molecule has 0 aliphatic rings. The molecular formula is C11H12ClN3. The maximum Gasteiger partial charge on any atom is 0.112 e. The van der Waals surface area contributed by atoms with E-state index in [0.717, 1.165) is 29.7 Å². The molecule has 1 N–H and O–H groups in total. The van der Waals surface area contributed by atoms with Crippen molar-refractivity contribution >= 4 is 28.3 Å². The lowest BCUT2D eigenvalue weighted by molar-refractivity contribution is 0.987. The number of hydrogen-bond donors (Lipinski definition) is 1. The summed E-state index contributed by atoms with van der Waals surface area (Å²) in [7, 11) is 0. The van der Waals surface area contributed by atoms with E-state index in [-0.39, 0.29) is 0 Å². The third kappa shape index (κ3) is 2.36. The summed E-state index contributed by atoms with van der Waals surface area (Å²) in [6.45, 7) is 0.860. The van der Waals surface area contributed by atoms with Crippen LogP contribution in [0, 0.1) is 0 Å². The second-order valence-corrected chi connectivity index (χ2v) is 3.58. The van der Waals surface area contributed by atoms with Gasteiger partial charge in [0.2, 0.25) is 0 Å². The van der Waals surface area contributed by atoms with Crippen molar-refractivity contribution < 1.29 is 0 Å². The molecule has 0 saturated heterocycles. The van der Waals surface area contributed by atoms with Crippen LogP contribution in [0.2, 0.25) is 0 Å². The summed E-state index contributed by atoms with van der Waals surface area (Å²) >= 11 is 5.62. The number of nitrogens with one attached hydrogen (secondary N) is 1. The van der Waals surface area contributed by atoms with Gasteiger partial charge in [-0.2, -0.15) is 0 Å². The SMILES string of the molecule is ClCCCNc1ccnc2cccnc12. The molecule has 78 valence electrons. The van der Waals surface area contributed by atoms with Crippen LogP contribution in [0.25, 0.3) is 11.0 Å². The van der Waals surface area contributed by atoms with Crippen molar-refractivity contribution in [1.29, 1.82) is 0 Å². The molecule has 2 rings (SSSR count). The Morgan fingerprint density at radius 3 is 3.00 bits per heavy atom. The highest BCUT2D eigenvalue weighted by atomic mass is 35.5. The lowest BCUT2D eigenvalue weighted by atomic mass is 10.3. The fourth-order valence-electron chi connectivity index (χ4n) is 1.41. The van der Waals surface area contributed by atoms with E-state index < -0.39 is 0 Å². The van der Waals surface area contributed by atoms with E-state index in [1.807, 2.05) is 18.2 Å². The van der Waals surface area contributed by atoms with E-state index in [4.69, 9.17) is 11.6 Å². The summed E-state index contributed by atoms with van der Waals surface area (Å²) < 4.78 is 0. The van der Waals surface area contributed by atoms with Crippen molar-refractivity contribution in [3.05, 3.63) is 30.6 Å². The highest BCUT2D eigenvalue weighted by Gasteiger charge is 2.00. The molecule has 0 unspecified atom stereocenters. The molecular weight excluding hydrogens is 210 g/mol. The van der Waals surface area contributed by atoms with Crippen LogP contribution in [0.4, 0.5) is 5.69 Å². The molecule has 15 heavy (non-hydrogen) atoms. The minimum absolute atomic E-state index is 0.670. The first-order chi connectivity index (χ1) is 7.42. The molecule has 2 aromatic rings. The summed E-state index contributed by atoms with van der Waals surface area (Å²) in [4.78, 5) is 8.54. The Morgan fingerprint density at radius 2 is 2.13 bits per heavy atom. The van der Waals surface area contributed by atoms with Crippen molar-refractivity contribution in [2.45, 2.75) is 6.42 Å². The number of fused-ring (bicyclic) bond motifs is 1. The van der Waals surface area contributed by atoms with Crippen molar-refractivity contribution in [1.82, 2.24) is 9.97 Å². The van der Waals surface area contributed by atoms with E-state index >= 15 is 0 Å². The second-order valence-electron chi connectivity index (χ2n) is 3.20. The molecule has 3 nitrogen and oxygen atoms in total. The summed E-state index contributed by atoms with van der Waals surface area (Å²) in [5.41, 5.74) is 2.84. The predicted octanol–water partition coefficient (Wildman–Crippen LogP) is 2.67. The van der Waals surface area contributed by atoms with Crippen molar-refractivity contribution in [3.8, 4) is 0 Å². The van der Waals surface area contributed by atoms with Gasteiger partial charge >= 0.3 is 0 Å². The Balaban J connectivity index is 2.26. The highest BCUT2D eigenvalue weighted by molar-refractivity contribution is 6.17. The van der Waals surface area contributed by atoms with Gasteiger partial charge in [0.15, 0.2) is 0 Å². The fourth-order valence-corrected chi connectivity index (χ4v) is 1.55. The summed E-state index contributed by atoms with van der Waals surface area (Å²) in [5.74, 6) is 0.670. The second kappa shape index (κ2) is 4.94. The Bertz CT molecular complexity index is 439. The number of halogens is 1. The van der Waals surface area contributed by atoms with Crippen LogP contribution in [-0.2, 0) is 0 Å². The largest absolute Gasteiger partial charge is 0.383 e. The van der Waals surface area contributed by atoms with Gasteiger partial charge in [-0.25, -0.2) is 0 Å². The van der Waals surface area contributed by atoms with E-state index in [2.05, 4.69) is 15.3 Å². The van der Waals surface area contributed by atoms with Crippen molar-refractivity contribution in [2.24, 2.45) is 0 Å². The van der Waals surface area contributed by atoms with Gasteiger partial charge < -0.3 is 5.32 Å². The average Bonchev–Trinajstić information content (AvgIpc) is 2.30. The molecule has 0 fully saturated rings. The zero-order chi connectivity index (χ0) is 10.5. The Labute approximate surface area is 93.5 Å².